The highest BCUT2D eigenvalue weighted by Gasteiger charge is 2.42. The number of hydrogen-bond donors (Lipinski definition) is 1. The zero-order chi connectivity index (χ0) is 32.2. The molecule has 7 heteroatoms. The van der Waals surface area contributed by atoms with E-state index in [1.807, 2.05) is 127 Å². The zero-order valence-electron chi connectivity index (χ0n) is 25.8. The summed E-state index contributed by atoms with van der Waals surface area (Å²) < 4.78 is 11.1. The molecule has 0 unspecified atom stereocenters. The Bertz CT molecular complexity index is 1750. The van der Waals surface area contributed by atoms with Gasteiger partial charge in [0.1, 0.15) is 18.4 Å². The fraction of sp³-hybridized carbons (Fsp3) is 0.175. The van der Waals surface area contributed by atoms with Crippen LogP contribution in [0.4, 0.5) is 4.79 Å². The van der Waals surface area contributed by atoms with E-state index >= 15 is 0 Å². The molecule has 1 heterocycles. The Kier molecular flexibility index (Phi) is 8.38. The maximum Gasteiger partial charge on any atom is 0.413 e. The van der Waals surface area contributed by atoms with E-state index in [1.165, 1.54) is 4.90 Å². The van der Waals surface area contributed by atoms with Crippen LogP contribution in [-0.2, 0) is 24.6 Å². The molecule has 47 heavy (non-hydrogen) atoms. The van der Waals surface area contributed by atoms with Crippen molar-refractivity contribution in [3.63, 3.8) is 0 Å². The van der Waals surface area contributed by atoms with E-state index in [0.29, 0.717) is 0 Å². The van der Waals surface area contributed by atoms with Crippen LogP contribution < -0.4 is 5.32 Å². The lowest BCUT2D eigenvalue weighted by Crippen LogP contribution is -2.48. The Morgan fingerprint density at radius 3 is 1.68 bits per heavy atom. The van der Waals surface area contributed by atoms with Gasteiger partial charge in [0.15, 0.2) is 6.73 Å². The normalized spacial score (nSPS) is 15.5. The summed E-state index contributed by atoms with van der Waals surface area (Å²) in [5, 5.41) is 3.56. The minimum atomic E-state index is -1.07. The summed E-state index contributed by atoms with van der Waals surface area (Å²) in [6.07, 6.45) is -0.888. The number of amides is 1. The fourth-order valence-corrected chi connectivity index (χ4v) is 6.89. The number of ether oxygens (including phenoxy) is 2. The first-order valence-corrected chi connectivity index (χ1v) is 15.8. The van der Waals surface area contributed by atoms with Crippen molar-refractivity contribution in [2.24, 2.45) is 0 Å². The number of nitrogens with one attached hydrogen (secondary N) is 1. The molecule has 1 amide bonds. The number of nitrogens with zero attached hydrogens (tertiary/aromatic N) is 1. The van der Waals surface area contributed by atoms with Crippen molar-refractivity contribution >= 4 is 17.8 Å². The van der Waals surface area contributed by atoms with Crippen molar-refractivity contribution in [3.8, 4) is 11.1 Å². The van der Waals surface area contributed by atoms with Crippen LogP contribution in [0.3, 0.4) is 0 Å². The summed E-state index contributed by atoms with van der Waals surface area (Å²) >= 11 is 0. The second-order valence-electron chi connectivity index (χ2n) is 11.8. The second-order valence-corrected chi connectivity index (χ2v) is 11.8. The van der Waals surface area contributed by atoms with Crippen LogP contribution in [-0.4, -0.2) is 48.7 Å². The van der Waals surface area contributed by atoms with Crippen molar-refractivity contribution in [1.82, 2.24) is 10.2 Å². The van der Waals surface area contributed by atoms with Gasteiger partial charge in [-0.2, -0.15) is 0 Å². The maximum absolute atomic E-state index is 13.6. The lowest BCUT2D eigenvalue weighted by Gasteiger charge is -2.37. The van der Waals surface area contributed by atoms with Crippen LogP contribution in [0.15, 0.2) is 140 Å². The Morgan fingerprint density at radius 2 is 1.17 bits per heavy atom. The van der Waals surface area contributed by atoms with Gasteiger partial charge in [-0.3, -0.25) is 15.0 Å². The van der Waals surface area contributed by atoms with Gasteiger partial charge in [0.25, 0.3) is 0 Å². The highest BCUT2D eigenvalue weighted by molar-refractivity contribution is 5.91. The van der Waals surface area contributed by atoms with Crippen molar-refractivity contribution in [2.75, 3.05) is 19.9 Å². The van der Waals surface area contributed by atoms with Gasteiger partial charge in [-0.1, -0.05) is 140 Å². The van der Waals surface area contributed by atoms with Gasteiger partial charge in [-0.15, -0.1) is 0 Å². The van der Waals surface area contributed by atoms with Gasteiger partial charge in [0.2, 0.25) is 0 Å². The largest absolute Gasteiger partial charge is 0.448 e. The van der Waals surface area contributed by atoms with Crippen molar-refractivity contribution in [1.29, 1.82) is 0 Å². The number of esters is 1. The molecular weight excluding hydrogens is 588 g/mol. The Balaban J connectivity index is 1.08. The number of Topliss-reactive ketones (excluding diaryl/α,β-unsaturated/α-hetero) is 1. The average Bonchev–Trinajstić information content (AvgIpc) is 3.65. The lowest BCUT2D eigenvalue weighted by atomic mass is 9.77. The smallest absolute Gasteiger partial charge is 0.413 e. The van der Waals surface area contributed by atoms with E-state index in [2.05, 4.69) is 17.4 Å². The van der Waals surface area contributed by atoms with E-state index in [-0.39, 0.29) is 38.0 Å². The quantitative estimate of drug-likeness (QED) is 0.139. The predicted octanol–water partition coefficient (Wildman–Crippen LogP) is 6.66. The Morgan fingerprint density at radius 1 is 0.702 bits per heavy atom. The molecule has 7 nitrogen and oxygen atoms in total. The molecule has 5 aromatic carbocycles. The number of cyclic esters (lactones) is 1. The third kappa shape index (κ3) is 5.70. The highest BCUT2D eigenvalue weighted by atomic mass is 16.6. The number of hydrogen-bond acceptors (Lipinski definition) is 6. The molecule has 0 radical (unpaired) electrons. The molecular formula is C40H34N2O5. The third-order valence-corrected chi connectivity index (χ3v) is 9.16. The van der Waals surface area contributed by atoms with E-state index in [0.717, 1.165) is 38.9 Å². The zero-order valence-corrected chi connectivity index (χ0v) is 25.8. The standard InChI is InChI=1S/C40H34N2O5/c43-31(25-41-40(28-14-4-1-5-15-28,29-16-6-2-7-17-29)30-18-8-3-9-19-30)24-37-38(44)47-27-42(37)39(45)46-26-36-34-22-12-10-20-32(34)33-21-11-13-23-35(33)36/h1-23,36-37,41H,24-27H2/t37-/m0/s1. The summed E-state index contributed by atoms with van der Waals surface area (Å²) in [6, 6.07) is 45.0. The molecule has 1 aliphatic carbocycles. The average molecular weight is 623 g/mol. The molecule has 1 N–H and O–H groups in total. The van der Waals surface area contributed by atoms with Gasteiger partial charge in [0.05, 0.1) is 12.1 Å². The summed E-state index contributed by atoms with van der Waals surface area (Å²) in [6.45, 7) is -0.211. The minimum Gasteiger partial charge on any atom is -0.448 e. The molecule has 1 aliphatic heterocycles. The summed E-state index contributed by atoms with van der Waals surface area (Å²) in [5.41, 5.74) is 6.47. The fourth-order valence-electron chi connectivity index (χ4n) is 6.89. The number of fused-ring (bicyclic) bond motifs is 3. The van der Waals surface area contributed by atoms with Gasteiger partial charge >= 0.3 is 12.1 Å². The maximum atomic E-state index is 13.6. The Labute approximate surface area is 273 Å². The molecule has 2 aliphatic rings. The lowest BCUT2D eigenvalue weighted by molar-refractivity contribution is -0.140. The first-order chi connectivity index (χ1) is 23.1. The number of ketones is 1. The predicted molar refractivity (Wildman–Crippen MR) is 178 cm³/mol. The minimum absolute atomic E-state index is 0.0546. The highest BCUT2D eigenvalue weighted by Crippen LogP contribution is 2.44. The van der Waals surface area contributed by atoms with Crippen LogP contribution >= 0.6 is 0 Å². The van der Waals surface area contributed by atoms with Crippen LogP contribution in [0.25, 0.3) is 11.1 Å². The first kappa shape index (κ1) is 30.1. The molecule has 1 fully saturated rings. The van der Waals surface area contributed by atoms with Crippen molar-refractivity contribution < 1.29 is 23.9 Å². The number of carbonyl (C=O) groups is 3. The van der Waals surface area contributed by atoms with Gasteiger partial charge in [-0.05, 0) is 38.9 Å². The molecule has 1 atom stereocenters. The second kappa shape index (κ2) is 13.1. The molecule has 7 rings (SSSR count). The molecule has 1 saturated heterocycles. The van der Waals surface area contributed by atoms with Crippen LogP contribution in [0.2, 0.25) is 0 Å². The van der Waals surface area contributed by atoms with E-state index in [4.69, 9.17) is 9.47 Å². The molecule has 0 aromatic heterocycles. The van der Waals surface area contributed by atoms with Crippen LogP contribution in [0.5, 0.6) is 0 Å². The SMILES string of the molecule is O=C(CNC(c1ccccc1)(c1ccccc1)c1ccccc1)C[C@H]1C(=O)OCN1C(=O)OCC1c2ccccc2-c2ccccc21. The summed E-state index contributed by atoms with van der Waals surface area (Å²) in [4.78, 5) is 41.1. The van der Waals surface area contributed by atoms with Crippen LogP contribution in [0.1, 0.15) is 40.2 Å². The first-order valence-electron chi connectivity index (χ1n) is 15.8. The molecule has 0 saturated carbocycles. The number of rotatable bonds is 10. The number of benzene rings is 5. The van der Waals surface area contributed by atoms with E-state index < -0.39 is 23.6 Å². The van der Waals surface area contributed by atoms with Gasteiger partial charge in [0, 0.05) is 12.3 Å². The number of carbonyl (C=O) groups excluding carboxylic acids is 3. The monoisotopic (exact) mass is 622 g/mol. The molecule has 0 bridgehead atoms. The van der Waals surface area contributed by atoms with Crippen molar-refractivity contribution in [2.45, 2.75) is 23.9 Å². The summed E-state index contributed by atoms with van der Waals surface area (Å²) in [7, 11) is 0. The summed E-state index contributed by atoms with van der Waals surface area (Å²) in [5.74, 6) is -0.985. The van der Waals surface area contributed by atoms with E-state index in [1.54, 1.807) is 0 Å². The topological polar surface area (TPSA) is 84.9 Å². The molecule has 0 spiro atoms. The third-order valence-electron chi connectivity index (χ3n) is 9.16. The Hall–Kier alpha value is -5.53. The van der Waals surface area contributed by atoms with E-state index in [9.17, 15) is 14.4 Å². The molecule has 5 aromatic rings. The van der Waals surface area contributed by atoms with Gasteiger partial charge < -0.3 is 9.47 Å². The van der Waals surface area contributed by atoms with Gasteiger partial charge in [-0.25, -0.2) is 9.59 Å². The molecule has 234 valence electrons. The van der Waals surface area contributed by atoms with Crippen LogP contribution in [0, 0.1) is 0 Å². The van der Waals surface area contributed by atoms with Crippen molar-refractivity contribution in [3.05, 3.63) is 167 Å².